The summed E-state index contributed by atoms with van der Waals surface area (Å²) in [6.45, 7) is 1.96. The summed E-state index contributed by atoms with van der Waals surface area (Å²) < 4.78 is 11.5. The molecule has 1 aromatic heterocycles. The van der Waals surface area contributed by atoms with Crippen molar-refractivity contribution in [1.29, 1.82) is 0 Å². The predicted octanol–water partition coefficient (Wildman–Crippen LogP) is 4.19. The lowest BCUT2D eigenvalue weighted by Gasteiger charge is -2.25. The number of oxazole rings is 1. The maximum Gasteiger partial charge on any atom is 0.257 e. The number of para-hydroxylation sites is 2. The summed E-state index contributed by atoms with van der Waals surface area (Å²) in [5.41, 5.74) is 3.80. The van der Waals surface area contributed by atoms with Crippen LogP contribution in [0.3, 0.4) is 0 Å². The van der Waals surface area contributed by atoms with Crippen molar-refractivity contribution in [1.82, 2.24) is 9.88 Å². The lowest BCUT2D eigenvalue weighted by Crippen LogP contribution is -2.38. The van der Waals surface area contributed by atoms with E-state index in [0.29, 0.717) is 18.3 Å². The first-order chi connectivity index (χ1) is 14.6. The van der Waals surface area contributed by atoms with Gasteiger partial charge in [0.15, 0.2) is 5.58 Å². The number of carbonyl (C=O) groups is 1. The second kappa shape index (κ2) is 9.53. The molecule has 0 N–H and O–H groups in total. The van der Waals surface area contributed by atoms with Crippen molar-refractivity contribution in [2.45, 2.75) is 30.7 Å². The van der Waals surface area contributed by atoms with E-state index in [-0.39, 0.29) is 17.8 Å². The van der Waals surface area contributed by atoms with E-state index < -0.39 is 0 Å². The molecule has 3 aromatic rings. The molecular weight excluding hydrogens is 398 g/mol. The lowest BCUT2D eigenvalue weighted by molar-refractivity contribution is -0.130. The van der Waals surface area contributed by atoms with Gasteiger partial charge in [-0.3, -0.25) is 4.79 Å². The number of thioether (sulfide) groups is 1. The molecule has 6 nitrogen and oxygen atoms in total. The van der Waals surface area contributed by atoms with Gasteiger partial charge in [0.05, 0.1) is 11.9 Å². The number of anilines is 1. The van der Waals surface area contributed by atoms with Crippen LogP contribution in [-0.4, -0.2) is 54.9 Å². The number of fused-ring (bicyclic) bond motifs is 1. The molecule has 1 unspecified atom stereocenters. The zero-order chi connectivity index (χ0) is 20.9. The third kappa shape index (κ3) is 5.15. The van der Waals surface area contributed by atoms with Crippen molar-refractivity contribution in [2.24, 2.45) is 0 Å². The summed E-state index contributed by atoms with van der Waals surface area (Å²) in [5, 5.41) is 0.525. The largest absolute Gasteiger partial charge is 0.431 e. The number of amides is 1. The SMILES string of the molecule is CN(C)c1ccc(CN(CC2CCCO2)C(=O)CSc2nc3ccccc3o2)cc1. The van der Waals surface area contributed by atoms with Gasteiger partial charge in [-0.05, 0) is 42.7 Å². The highest BCUT2D eigenvalue weighted by atomic mass is 32.2. The number of nitrogens with zero attached hydrogens (tertiary/aromatic N) is 3. The Labute approximate surface area is 181 Å². The number of ether oxygens (including phenoxy) is 1. The molecule has 1 aliphatic rings. The zero-order valence-electron chi connectivity index (χ0n) is 17.4. The van der Waals surface area contributed by atoms with Crippen LogP contribution in [0.4, 0.5) is 5.69 Å². The Kier molecular flexibility index (Phi) is 6.59. The number of hydrogen-bond acceptors (Lipinski definition) is 6. The van der Waals surface area contributed by atoms with Crippen molar-refractivity contribution < 1.29 is 13.9 Å². The van der Waals surface area contributed by atoms with E-state index >= 15 is 0 Å². The number of hydrogen-bond donors (Lipinski definition) is 0. The van der Waals surface area contributed by atoms with Crippen molar-refractivity contribution in [3.63, 3.8) is 0 Å². The Balaban J connectivity index is 1.42. The molecule has 1 atom stereocenters. The fraction of sp³-hybridized carbons (Fsp3) is 0.391. The molecule has 158 valence electrons. The van der Waals surface area contributed by atoms with Crippen LogP contribution in [0.25, 0.3) is 11.1 Å². The fourth-order valence-corrected chi connectivity index (χ4v) is 4.28. The highest BCUT2D eigenvalue weighted by Gasteiger charge is 2.23. The average Bonchev–Trinajstić information content (AvgIpc) is 3.41. The third-order valence-corrected chi connectivity index (χ3v) is 6.03. The highest BCUT2D eigenvalue weighted by Crippen LogP contribution is 2.24. The Morgan fingerprint density at radius 2 is 1.97 bits per heavy atom. The molecule has 1 aliphatic heterocycles. The predicted molar refractivity (Wildman–Crippen MR) is 120 cm³/mol. The Hall–Kier alpha value is -2.51. The molecular formula is C23H27N3O3S. The van der Waals surface area contributed by atoms with Crippen LogP contribution in [0.5, 0.6) is 0 Å². The molecule has 2 aromatic carbocycles. The van der Waals surface area contributed by atoms with Crippen molar-refractivity contribution in [3.05, 3.63) is 54.1 Å². The molecule has 30 heavy (non-hydrogen) atoms. The Morgan fingerprint density at radius 1 is 1.17 bits per heavy atom. The van der Waals surface area contributed by atoms with Crippen LogP contribution in [0.15, 0.2) is 58.2 Å². The first-order valence-corrected chi connectivity index (χ1v) is 11.2. The fourth-order valence-electron chi connectivity index (χ4n) is 3.54. The monoisotopic (exact) mass is 425 g/mol. The number of carbonyl (C=O) groups excluding carboxylic acids is 1. The first-order valence-electron chi connectivity index (χ1n) is 10.2. The van der Waals surface area contributed by atoms with E-state index in [0.717, 1.165) is 41.8 Å². The van der Waals surface area contributed by atoms with Gasteiger partial charge in [-0.25, -0.2) is 4.98 Å². The van der Waals surface area contributed by atoms with Crippen molar-refractivity contribution in [2.75, 3.05) is 37.9 Å². The summed E-state index contributed by atoms with van der Waals surface area (Å²) in [6, 6.07) is 16.0. The Morgan fingerprint density at radius 3 is 2.67 bits per heavy atom. The normalized spacial score (nSPS) is 16.1. The van der Waals surface area contributed by atoms with Crippen LogP contribution in [0, 0.1) is 0 Å². The van der Waals surface area contributed by atoms with Gasteiger partial charge < -0.3 is 19.0 Å². The van der Waals surface area contributed by atoms with Gasteiger partial charge in [0, 0.05) is 39.5 Å². The minimum Gasteiger partial charge on any atom is -0.431 e. The quantitative estimate of drug-likeness (QED) is 0.504. The topological polar surface area (TPSA) is 58.8 Å². The minimum absolute atomic E-state index is 0.0643. The summed E-state index contributed by atoms with van der Waals surface area (Å²) in [6.07, 6.45) is 2.17. The van der Waals surface area contributed by atoms with Crippen molar-refractivity contribution >= 4 is 34.5 Å². The van der Waals surface area contributed by atoms with Gasteiger partial charge in [-0.1, -0.05) is 36.0 Å². The second-order valence-corrected chi connectivity index (χ2v) is 8.63. The minimum atomic E-state index is 0.0643. The van der Waals surface area contributed by atoms with Gasteiger partial charge in [0.1, 0.15) is 5.52 Å². The maximum atomic E-state index is 13.1. The van der Waals surface area contributed by atoms with E-state index in [4.69, 9.17) is 9.15 Å². The van der Waals surface area contributed by atoms with Gasteiger partial charge in [-0.15, -0.1) is 0 Å². The first kappa shape index (κ1) is 20.8. The second-order valence-electron chi connectivity index (χ2n) is 7.71. The van der Waals surface area contributed by atoms with E-state index in [1.54, 1.807) is 0 Å². The molecule has 0 spiro atoms. The molecule has 7 heteroatoms. The van der Waals surface area contributed by atoms with Gasteiger partial charge >= 0.3 is 0 Å². The molecule has 0 radical (unpaired) electrons. The van der Waals surface area contributed by atoms with Crippen molar-refractivity contribution in [3.8, 4) is 0 Å². The van der Waals surface area contributed by atoms with E-state index in [2.05, 4.69) is 34.1 Å². The van der Waals surface area contributed by atoms with Crippen LogP contribution in [0.1, 0.15) is 18.4 Å². The summed E-state index contributed by atoms with van der Waals surface area (Å²) in [5.74, 6) is 0.351. The molecule has 2 heterocycles. The third-order valence-electron chi connectivity index (χ3n) is 5.22. The standard InChI is InChI=1S/C23H27N3O3S/c1-25(2)18-11-9-17(10-12-18)14-26(15-19-6-5-13-28-19)22(27)16-30-23-24-20-7-3-4-8-21(20)29-23/h3-4,7-12,19H,5-6,13-16H2,1-2H3. The van der Waals surface area contributed by atoms with Crippen LogP contribution < -0.4 is 4.90 Å². The smallest absolute Gasteiger partial charge is 0.257 e. The molecule has 0 saturated carbocycles. The Bertz CT molecular complexity index is 948. The van der Waals surface area contributed by atoms with Crippen LogP contribution >= 0.6 is 11.8 Å². The number of rotatable bonds is 8. The molecule has 1 fully saturated rings. The molecule has 1 saturated heterocycles. The molecule has 0 bridgehead atoms. The molecule has 4 rings (SSSR count). The van der Waals surface area contributed by atoms with Crippen LogP contribution in [-0.2, 0) is 16.1 Å². The molecule has 0 aliphatic carbocycles. The average molecular weight is 426 g/mol. The zero-order valence-corrected chi connectivity index (χ0v) is 18.2. The van der Waals surface area contributed by atoms with Gasteiger partial charge in [-0.2, -0.15) is 0 Å². The van der Waals surface area contributed by atoms with E-state index in [1.807, 2.05) is 43.3 Å². The summed E-state index contributed by atoms with van der Waals surface area (Å²) >= 11 is 1.34. The lowest BCUT2D eigenvalue weighted by atomic mass is 10.1. The van der Waals surface area contributed by atoms with Gasteiger partial charge in [0.25, 0.3) is 5.22 Å². The summed E-state index contributed by atoms with van der Waals surface area (Å²) in [7, 11) is 4.04. The highest BCUT2D eigenvalue weighted by molar-refractivity contribution is 7.99. The number of aromatic nitrogens is 1. The summed E-state index contributed by atoms with van der Waals surface area (Å²) in [4.78, 5) is 21.5. The van der Waals surface area contributed by atoms with Crippen LogP contribution in [0.2, 0.25) is 0 Å². The maximum absolute atomic E-state index is 13.1. The molecule has 1 amide bonds. The van der Waals surface area contributed by atoms with Gasteiger partial charge in [0.2, 0.25) is 5.91 Å². The van der Waals surface area contributed by atoms with E-state index in [9.17, 15) is 4.79 Å². The van der Waals surface area contributed by atoms with E-state index in [1.165, 1.54) is 11.8 Å². The number of benzene rings is 2.